The Morgan fingerprint density at radius 1 is 1.25 bits per heavy atom. The summed E-state index contributed by atoms with van der Waals surface area (Å²) in [5.74, 6) is -0.223. The van der Waals surface area contributed by atoms with Gasteiger partial charge in [0.25, 0.3) is 0 Å². The van der Waals surface area contributed by atoms with Gasteiger partial charge in [-0.1, -0.05) is 30.3 Å². The number of ether oxygens (including phenoxy) is 1. The molecule has 1 aromatic carbocycles. The summed E-state index contributed by atoms with van der Waals surface area (Å²) < 4.78 is 5.26. The molecule has 1 unspecified atom stereocenters. The van der Waals surface area contributed by atoms with Crippen LogP contribution < -0.4 is 5.32 Å². The SMILES string of the molecule is CCOC[C@H]1NC(=O)C(C)N(Cc2ccccc2)C1=O. The van der Waals surface area contributed by atoms with E-state index >= 15 is 0 Å². The molecule has 0 bridgehead atoms. The Morgan fingerprint density at radius 2 is 1.95 bits per heavy atom. The fourth-order valence-corrected chi connectivity index (χ4v) is 2.23. The van der Waals surface area contributed by atoms with Crippen molar-refractivity contribution in [3.8, 4) is 0 Å². The normalized spacial score (nSPS) is 22.8. The number of benzene rings is 1. The Hall–Kier alpha value is -1.88. The van der Waals surface area contributed by atoms with Gasteiger partial charge in [0.05, 0.1) is 6.61 Å². The molecule has 0 aliphatic carbocycles. The lowest BCUT2D eigenvalue weighted by Crippen LogP contribution is -2.63. The van der Waals surface area contributed by atoms with E-state index in [1.807, 2.05) is 37.3 Å². The number of amides is 2. The molecule has 0 saturated carbocycles. The summed E-state index contributed by atoms with van der Waals surface area (Å²) in [5.41, 5.74) is 1.01. The number of hydrogen-bond donors (Lipinski definition) is 1. The van der Waals surface area contributed by atoms with E-state index in [1.54, 1.807) is 11.8 Å². The fourth-order valence-electron chi connectivity index (χ4n) is 2.23. The lowest BCUT2D eigenvalue weighted by atomic mass is 10.1. The minimum absolute atomic E-state index is 0.0885. The molecule has 1 N–H and O–H groups in total. The van der Waals surface area contributed by atoms with Gasteiger partial charge < -0.3 is 15.0 Å². The van der Waals surface area contributed by atoms with Gasteiger partial charge in [0.1, 0.15) is 12.1 Å². The van der Waals surface area contributed by atoms with E-state index < -0.39 is 12.1 Å². The Kier molecular flexibility index (Phi) is 4.74. The minimum Gasteiger partial charge on any atom is -0.379 e. The number of nitrogens with zero attached hydrogens (tertiary/aromatic N) is 1. The first-order valence-electron chi connectivity index (χ1n) is 6.86. The molecule has 0 radical (unpaired) electrons. The molecular formula is C15H20N2O3. The van der Waals surface area contributed by atoms with Crippen molar-refractivity contribution in [1.82, 2.24) is 10.2 Å². The highest BCUT2D eigenvalue weighted by Crippen LogP contribution is 2.14. The molecule has 2 amide bonds. The summed E-state index contributed by atoms with van der Waals surface area (Å²) >= 11 is 0. The van der Waals surface area contributed by atoms with Gasteiger partial charge in [0.2, 0.25) is 11.8 Å². The molecule has 20 heavy (non-hydrogen) atoms. The maximum atomic E-state index is 12.4. The zero-order valence-electron chi connectivity index (χ0n) is 11.8. The molecule has 1 aromatic rings. The van der Waals surface area contributed by atoms with Crippen LogP contribution in [0, 0.1) is 0 Å². The van der Waals surface area contributed by atoms with Gasteiger partial charge in [-0.2, -0.15) is 0 Å². The second-order valence-electron chi connectivity index (χ2n) is 4.85. The number of rotatable bonds is 5. The maximum absolute atomic E-state index is 12.4. The van der Waals surface area contributed by atoms with E-state index in [1.165, 1.54) is 0 Å². The first-order chi connectivity index (χ1) is 9.63. The maximum Gasteiger partial charge on any atom is 0.248 e. The van der Waals surface area contributed by atoms with Gasteiger partial charge in [-0.15, -0.1) is 0 Å². The largest absolute Gasteiger partial charge is 0.379 e. The van der Waals surface area contributed by atoms with Crippen LogP contribution in [0.5, 0.6) is 0 Å². The number of nitrogens with one attached hydrogen (secondary N) is 1. The molecule has 1 aliphatic heterocycles. The van der Waals surface area contributed by atoms with Crippen LogP contribution in [-0.4, -0.2) is 42.0 Å². The molecule has 108 valence electrons. The van der Waals surface area contributed by atoms with Gasteiger partial charge in [-0.3, -0.25) is 9.59 Å². The molecule has 0 spiro atoms. The number of hydrogen-bond acceptors (Lipinski definition) is 3. The Bertz CT molecular complexity index is 475. The Morgan fingerprint density at radius 3 is 2.60 bits per heavy atom. The van der Waals surface area contributed by atoms with Crippen molar-refractivity contribution in [2.75, 3.05) is 13.2 Å². The van der Waals surface area contributed by atoms with E-state index in [0.29, 0.717) is 13.2 Å². The average Bonchev–Trinajstić information content (AvgIpc) is 2.47. The van der Waals surface area contributed by atoms with Crippen LogP contribution in [-0.2, 0) is 20.9 Å². The molecule has 1 saturated heterocycles. The van der Waals surface area contributed by atoms with Crippen molar-refractivity contribution in [2.45, 2.75) is 32.5 Å². The second kappa shape index (κ2) is 6.52. The summed E-state index contributed by atoms with van der Waals surface area (Å²) in [5, 5.41) is 2.71. The van der Waals surface area contributed by atoms with Crippen molar-refractivity contribution >= 4 is 11.8 Å². The van der Waals surface area contributed by atoms with Gasteiger partial charge in [-0.25, -0.2) is 0 Å². The van der Waals surface area contributed by atoms with Crippen molar-refractivity contribution in [3.05, 3.63) is 35.9 Å². The van der Waals surface area contributed by atoms with Crippen molar-refractivity contribution in [2.24, 2.45) is 0 Å². The van der Waals surface area contributed by atoms with Crippen LogP contribution in [0.2, 0.25) is 0 Å². The quantitative estimate of drug-likeness (QED) is 0.870. The molecule has 5 heteroatoms. The highest BCUT2D eigenvalue weighted by atomic mass is 16.5. The van der Waals surface area contributed by atoms with Crippen LogP contribution in [0.1, 0.15) is 19.4 Å². The topological polar surface area (TPSA) is 58.6 Å². The van der Waals surface area contributed by atoms with E-state index in [9.17, 15) is 9.59 Å². The minimum atomic E-state index is -0.581. The second-order valence-corrected chi connectivity index (χ2v) is 4.85. The van der Waals surface area contributed by atoms with Crippen LogP contribution in [0.4, 0.5) is 0 Å². The van der Waals surface area contributed by atoms with Crippen molar-refractivity contribution in [3.63, 3.8) is 0 Å². The lowest BCUT2D eigenvalue weighted by Gasteiger charge is -2.37. The summed E-state index contributed by atoms with van der Waals surface area (Å²) in [7, 11) is 0. The summed E-state index contributed by atoms with van der Waals surface area (Å²) in [6, 6.07) is 8.63. The third-order valence-electron chi connectivity index (χ3n) is 3.43. The molecule has 5 nitrogen and oxygen atoms in total. The molecule has 0 aromatic heterocycles. The third kappa shape index (κ3) is 3.17. The van der Waals surface area contributed by atoms with Gasteiger partial charge in [-0.05, 0) is 19.4 Å². The molecule has 1 aliphatic rings. The third-order valence-corrected chi connectivity index (χ3v) is 3.43. The van der Waals surface area contributed by atoms with E-state index in [2.05, 4.69) is 5.32 Å². The number of piperazine rings is 1. The van der Waals surface area contributed by atoms with Crippen molar-refractivity contribution < 1.29 is 14.3 Å². The standard InChI is InChI=1S/C15H20N2O3/c1-3-20-10-13-15(19)17(11(2)14(18)16-13)9-12-7-5-4-6-8-12/h4-8,11,13H,3,9-10H2,1-2H3,(H,16,18)/t11?,13-/m1/s1. The van der Waals surface area contributed by atoms with Crippen molar-refractivity contribution in [1.29, 1.82) is 0 Å². The molecule has 1 fully saturated rings. The average molecular weight is 276 g/mol. The highest BCUT2D eigenvalue weighted by molar-refractivity contribution is 5.96. The van der Waals surface area contributed by atoms with Crippen LogP contribution in [0.15, 0.2) is 30.3 Å². The summed E-state index contributed by atoms with van der Waals surface area (Å²) in [6.07, 6.45) is 0. The Balaban J connectivity index is 2.11. The summed E-state index contributed by atoms with van der Waals surface area (Å²) in [4.78, 5) is 26.0. The first-order valence-corrected chi connectivity index (χ1v) is 6.86. The van der Waals surface area contributed by atoms with Gasteiger partial charge >= 0.3 is 0 Å². The smallest absolute Gasteiger partial charge is 0.248 e. The molecule has 1 heterocycles. The zero-order valence-corrected chi connectivity index (χ0v) is 11.8. The van der Waals surface area contributed by atoms with E-state index in [4.69, 9.17) is 4.74 Å². The predicted molar refractivity (Wildman–Crippen MR) is 74.9 cm³/mol. The summed E-state index contributed by atoms with van der Waals surface area (Å²) in [6.45, 7) is 4.79. The highest BCUT2D eigenvalue weighted by Gasteiger charge is 2.37. The van der Waals surface area contributed by atoms with Crippen LogP contribution in [0.3, 0.4) is 0 Å². The van der Waals surface area contributed by atoms with Gasteiger partial charge in [0, 0.05) is 13.2 Å². The molecule has 2 atom stereocenters. The zero-order chi connectivity index (χ0) is 14.5. The number of carbonyl (C=O) groups is 2. The number of carbonyl (C=O) groups excluding carboxylic acids is 2. The Labute approximate surface area is 118 Å². The monoisotopic (exact) mass is 276 g/mol. The lowest BCUT2D eigenvalue weighted by molar-refractivity contribution is -0.151. The predicted octanol–water partition coefficient (Wildman–Crippen LogP) is 0.939. The fraction of sp³-hybridized carbons (Fsp3) is 0.467. The molecular weight excluding hydrogens is 256 g/mol. The first kappa shape index (κ1) is 14.5. The van der Waals surface area contributed by atoms with E-state index in [-0.39, 0.29) is 18.4 Å². The van der Waals surface area contributed by atoms with Crippen LogP contribution >= 0.6 is 0 Å². The van der Waals surface area contributed by atoms with Gasteiger partial charge in [0.15, 0.2) is 0 Å². The molecule has 2 rings (SSSR count). The van der Waals surface area contributed by atoms with Crippen LogP contribution in [0.25, 0.3) is 0 Å². The van der Waals surface area contributed by atoms with E-state index in [0.717, 1.165) is 5.56 Å².